The molecule has 0 radical (unpaired) electrons. The molecule has 2 nitrogen and oxygen atoms in total. The summed E-state index contributed by atoms with van der Waals surface area (Å²) >= 11 is 0. The maximum Gasteiger partial charge on any atom is 0.0583 e. The molecule has 0 aromatic heterocycles. The van der Waals surface area contributed by atoms with E-state index in [0.29, 0.717) is 0 Å². The Kier molecular flexibility index (Phi) is 2.59. The first kappa shape index (κ1) is 10.3. The van der Waals surface area contributed by atoms with Crippen molar-refractivity contribution in [2.75, 3.05) is 17.2 Å². The standard InChI is InChI=1S/C13H20N2/c1-4-13(5-2)9-14-11-7-6-10(3)8-12(11)15-13/h6-8,14-15H,4-5,9H2,1-3H3. The fraction of sp³-hybridized carbons (Fsp3) is 0.538. The van der Waals surface area contributed by atoms with Crippen LogP contribution < -0.4 is 10.6 Å². The van der Waals surface area contributed by atoms with Crippen molar-refractivity contribution in [1.82, 2.24) is 0 Å². The molecule has 1 aromatic rings. The molecule has 2 rings (SSSR count). The van der Waals surface area contributed by atoms with Gasteiger partial charge in [-0.2, -0.15) is 0 Å². The quantitative estimate of drug-likeness (QED) is 0.771. The van der Waals surface area contributed by atoms with Crippen molar-refractivity contribution >= 4 is 11.4 Å². The van der Waals surface area contributed by atoms with Crippen molar-refractivity contribution in [1.29, 1.82) is 0 Å². The predicted octanol–water partition coefficient (Wildman–Crippen LogP) is 3.39. The van der Waals surface area contributed by atoms with Gasteiger partial charge in [-0.3, -0.25) is 0 Å². The smallest absolute Gasteiger partial charge is 0.0583 e. The maximum atomic E-state index is 3.69. The fourth-order valence-electron chi connectivity index (χ4n) is 2.19. The molecule has 2 heteroatoms. The highest BCUT2D eigenvalue weighted by Crippen LogP contribution is 2.33. The van der Waals surface area contributed by atoms with Gasteiger partial charge in [-0.15, -0.1) is 0 Å². The van der Waals surface area contributed by atoms with Crippen LogP contribution in [0.4, 0.5) is 11.4 Å². The van der Waals surface area contributed by atoms with Crippen LogP contribution in [0.1, 0.15) is 32.3 Å². The summed E-state index contributed by atoms with van der Waals surface area (Å²) in [6.45, 7) is 7.66. The van der Waals surface area contributed by atoms with Gasteiger partial charge in [0, 0.05) is 6.54 Å². The van der Waals surface area contributed by atoms with Crippen molar-refractivity contribution in [3.63, 3.8) is 0 Å². The van der Waals surface area contributed by atoms with E-state index in [-0.39, 0.29) is 5.54 Å². The molecule has 0 saturated carbocycles. The number of anilines is 2. The third-order valence-electron chi connectivity index (χ3n) is 3.55. The van der Waals surface area contributed by atoms with Gasteiger partial charge in [0.2, 0.25) is 0 Å². The van der Waals surface area contributed by atoms with Crippen LogP contribution in [0.3, 0.4) is 0 Å². The maximum absolute atomic E-state index is 3.69. The van der Waals surface area contributed by atoms with Crippen molar-refractivity contribution in [3.8, 4) is 0 Å². The second-order valence-electron chi connectivity index (χ2n) is 4.52. The average molecular weight is 204 g/mol. The number of fused-ring (bicyclic) bond motifs is 1. The summed E-state index contributed by atoms with van der Waals surface area (Å²) in [6.07, 6.45) is 2.31. The number of nitrogens with one attached hydrogen (secondary N) is 2. The van der Waals surface area contributed by atoms with Crippen LogP contribution >= 0.6 is 0 Å². The van der Waals surface area contributed by atoms with Gasteiger partial charge >= 0.3 is 0 Å². The second kappa shape index (κ2) is 3.76. The largest absolute Gasteiger partial charge is 0.381 e. The molecule has 0 amide bonds. The first-order valence-electron chi connectivity index (χ1n) is 5.82. The van der Waals surface area contributed by atoms with E-state index in [2.05, 4.69) is 49.6 Å². The van der Waals surface area contributed by atoms with Gasteiger partial charge in [-0.05, 0) is 37.5 Å². The van der Waals surface area contributed by atoms with E-state index in [1.165, 1.54) is 16.9 Å². The second-order valence-corrected chi connectivity index (χ2v) is 4.52. The van der Waals surface area contributed by atoms with Gasteiger partial charge in [0.1, 0.15) is 0 Å². The first-order valence-corrected chi connectivity index (χ1v) is 5.82. The van der Waals surface area contributed by atoms with Crippen LogP contribution in [-0.2, 0) is 0 Å². The van der Waals surface area contributed by atoms with E-state index in [1.807, 2.05) is 0 Å². The minimum absolute atomic E-state index is 0.237. The molecule has 0 bridgehead atoms. The minimum Gasteiger partial charge on any atom is -0.381 e. The Balaban J connectivity index is 2.32. The van der Waals surface area contributed by atoms with Crippen molar-refractivity contribution in [2.24, 2.45) is 0 Å². The Morgan fingerprint density at radius 3 is 2.60 bits per heavy atom. The zero-order valence-electron chi connectivity index (χ0n) is 9.85. The van der Waals surface area contributed by atoms with Gasteiger partial charge in [0.25, 0.3) is 0 Å². The molecule has 1 aliphatic heterocycles. The predicted molar refractivity (Wildman–Crippen MR) is 66.6 cm³/mol. The lowest BCUT2D eigenvalue weighted by atomic mass is 9.90. The molecule has 2 N–H and O–H groups in total. The minimum atomic E-state index is 0.237. The van der Waals surface area contributed by atoms with E-state index < -0.39 is 0 Å². The molecule has 0 saturated heterocycles. The van der Waals surface area contributed by atoms with Crippen molar-refractivity contribution < 1.29 is 0 Å². The summed E-state index contributed by atoms with van der Waals surface area (Å²) in [5.74, 6) is 0. The average Bonchev–Trinajstić information content (AvgIpc) is 2.28. The van der Waals surface area contributed by atoms with E-state index >= 15 is 0 Å². The van der Waals surface area contributed by atoms with E-state index in [1.54, 1.807) is 0 Å². The molecule has 0 fully saturated rings. The first-order chi connectivity index (χ1) is 7.19. The zero-order chi connectivity index (χ0) is 10.9. The van der Waals surface area contributed by atoms with Crippen LogP contribution in [0, 0.1) is 6.92 Å². The Labute approximate surface area is 92.1 Å². The number of hydrogen-bond acceptors (Lipinski definition) is 2. The van der Waals surface area contributed by atoms with Gasteiger partial charge in [0.05, 0.1) is 16.9 Å². The Morgan fingerprint density at radius 1 is 1.20 bits per heavy atom. The third-order valence-corrected chi connectivity index (χ3v) is 3.55. The number of benzene rings is 1. The normalized spacial score (nSPS) is 17.5. The monoisotopic (exact) mass is 204 g/mol. The highest BCUT2D eigenvalue weighted by atomic mass is 15.1. The molecular formula is C13H20N2. The summed E-state index contributed by atoms with van der Waals surface area (Å²) in [5, 5.41) is 7.21. The van der Waals surface area contributed by atoms with Crippen molar-refractivity contribution in [3.05, 3.63) is 23.8 Å². The van der Waals surface area contributed by atoms with Crippen LogP contribution in [0.2, 0.25) is 0 Å². The lowest BCUT2D eigenvalue weighted by molar-refractivity contribution is 0.451. The Morgan fingerprint density at radius 2 is 1.93 bits per heavy atom. The number of rotatable bonds is 2. The SMILES string of the molecule is CCC1(CC)CNc2ccc(C)cc2N1. The molecule has 82 valence electrons. The van der Waals surface area contributed by atoms with E-state index in [0.717, 1.165) is 19.4 Å². The molecule has 1 aromatic carbocycles. The lowest BCUT2D eigenvalue weighted by Crippen LogP contribution is -2.46. The summed E-state index contributed by atoms with van der Waals surface area (Å²) in [4.78, 5) is 0. The summed E-state index contributed by atoms with van der Waals surface area (Å²) in [5.41, 5.74) is 4.04. The molecule has 0 unspecified atom stereocenters. The van der Waals surface area contributed by atoms with Crippen LogP contribution in [0.15, 0.2) is 18.2 Å². The van der Waals surface area contributed by atoms with Crippen LogP contribution in [-0.4, -0.2) is 12.1 Å². The van der Waals surface area contributed by atoms with Crippen LogP contribution in [0.25, 0.3) is 0 Å². The lowest BCUT2D eigenvalue weighted by Gasteiger charge is -2.39. The zero-order valence-corrected chi connectivity index (χ0v) is 9.85. The van der Waals surface area contributed by atoms with E-state index in [4.69, 9.17) is 0 Å². The van der Waals surface area contributed by atoms with E-state index in [9.17, 15) is 0 Å². The van der Waals surface area contributed by atoms with Gasteiger partial charge in [-0.25, -0.2) is 0 Å². The summed E-state index contributed by atoms with van der Waals surface area (Å²) in [6, 6.07) is 6.53. The highest BCUT2D eigenvalue weighted by molar-refractivity contribution is 5.73. The molecule has 1 aliphatic rings. The molecule has 0 spiro atoms. The fourth-order valence-corrected chi connectivity index (χ4v) is 2.19. The Hall–Kier alpha value is -1.18. The third kappa shape index (κ3) is 1.81. The van der Waals surface area contributed by atoms with Gasteiger partial charge < -0.3 is 10.6 Å². The molecule has 1 heterocycles. The molecular weight excluding hydrogens is 184 g/mol. The van der Waals surface area contributed by atoms with Crippen molar-refractivity contribution in [2.45, 2.75) is 39.2 Å². The van der Waals surface area contributed by atoms with Crippen LogP contribution in [0.5, 0.6) is 0 Å². The Bertz CT molecular complexity index is 354. The molecule has 0 aliphatic carbocycles. The number of hydrogen-bond donors (Lipinski definition) is 2. The molecule has 0 atom stereocenters. The highest BCUT2D eigenvalue weighted by Gasteiger charge is 2.29. The topological polar surface area (TPSA) is 24.1 Å². The van der Waals surface area contributed by atoms with Gasteiger partial charge in [0.15, 0.2) is 0 Å². The molecule has 15 heavy (non-hydrogen) atoms. The summed E-state index contributed by atoms with van der Waals surface area (Å²) < 4.78 is 0. The number of aryl methyl sites for hydroxylation is 1. The summed E-state index contributed by atoms with van der Waals surface area (Å²) in [7, 11) is 0. The van der Waals surface area contributed by atoms with Gasteiger partial charge in [-0.1, -0.05) is 19.9 Å².